The molecule has 0 fully saturated rings. The number of aliphatic hydroxyl groups is 2. The summed E-state index contributed by atoms with van der Waals surface area (Å²) in [7, 11) is 0. The number of nitrogens with two attached hydrogens (primary N) is 2. The van der Waals surface area contributed by atoms with Crippen LogP contribution in [0, 0.1) is 13.8 Å². The van der Waals surface area contributed by atoms with Crippen molar-refractivity contribution in [1.29, 1.82) is 0 Å². The Morgan fingerprint density at radius 2 is 1.80 bits per heavy atom. The zero-order chi connectivity index (χ0) is 11.6. The number of aliphatic hydroxyl groups excluding tert-OH is 2. The van der Waals surface area contributed by atoms with Gasteiger partial charge in [-0.05, 0) is 36.6 Å². The summed E-state index contributed by atoms with van der Waals surface area (Å²) >= 11 is 0. The zero-order valence-corrected chi connectivity index (χ0v) is 9.07. The monoisotopic (exact) mass is 210 g/mol. The molecule has 84 valence electrons. The molecule has 0 saturated heterocycles. The molecule has 0 aliphatic heterocycles. The summed E-state index contributed by atoms with van der Waals surface area (Å²) in [6.07, 6.45) is -1.89. The van der Waals surface area contributed by atoms with E-state index < -0.39 is 12.2 Å². The van der Waals surface area contributed by atoms with Gasteiger partial charge in [0.05, 0.1) is 6.10 Å². The van der Waals surface area contributed by atoms with E-state index in [0.717, 1.165) is 11.1 Å². The fourth-order valence-electron chi connectivity index (χ4n) is 1.52. The van der Waals surface area contributed by atoms with Crippen molar-refractivity contribution in [3.8, 4) is 0 Å². The molecular weight excluding hydrogens is 192 g/mol. The average Bonchev–Trinajstić information content (AvgIpc) is 2.21. The largest absolute Gasteiger partial charge is 0.399 e. The quantitative estimate of drug-likeness (QED) is 0.538. The highest BCUT2D eigenvalue weighted by Crippen LogP contribution is 2.25. The lowest BCUT2D eigenvalue weighted by Crippen LogP contribution is -2.27. The molecule has 0 bridgehead atoms. The molecule has 0 aliphatic carbocycles. The first kappa shape index (κ1) is 12.0. The van der Waals surface area contributed by atoms with Crippen LogP contribution >= 0.6 is 0 Å². The highest BCUT2D eigenvalue weighted by Gasteiger charge is 2.19. The van der Waals surface area contributed by atoms with Gasteiger partial charge in [-0.15, -0.1) is 0 Å². The third kappa shape index (κ3) is 2.47. The summed E-state index contributed by atoms with van der Waals surface area (Å²) in [6, 6.07) is 3.57. The number of hydrogen-bond donors (Lipinski definition) is 4. The second-order valence-electron chi connectivity index (χ2n) is 3.81. The first-order valence-corrected chi connectivity index (χ1v) is 4.90. The summed E-state index contributed by atoms with van der Waals surface area (Å²) in [5, 5.41) is 19.3. The molecule has 0 spiro atoms. The van der Waals surface area contributed by atoms with Gasteiger partial charge >= 0.3 is 0 Å². The first-order valence-electron chi connectivity index (χ1n) is 4.90. The summed E-state index contributed by atoms with van der Waals surface area (Å²) in [6.45, 7) is 3.74. The van der Waals surface area contributed by atoms with Gasteiger partial charge in [0.2, 0.25) is 0 Å². The molecule has 4 heteroatoms. The Kier molecular flexibility index (Phi) is 3.68. The van der Waals surface area contributed by atoms with E-state index in [9.17, 15) is 10.2 Å². The number of benzene rings is 1. The van der Waals surface area contributed by atoms with E-state index in [1.54, 1.807) is 12.1 Å². The molecule has 6 N–H and O–H groups in total. The van der Waals surface area contributed by atoms with Gasteiger partial charge in [0.1, 0.15) is 6.10 Å². The highest BCUT2D eigenvalue weighted by atomic mass is 16.3. The lowest BCUT2D eigenvalue weighted by Gasteiger charge is -2.19. The maximum Gasteiger partial charge on any atom is 0.106 e. The summed E-state index contributed by atoms with van der Waals surface area (Å²) in [5.41, 5.74) is 14.1. The van der Waals surface area contributed by atoms with Gasteiger partial charge in [-0.2, -0.15) is 0 Å². The molecular formula is C11H18N2O2. The second kappa shape index (κ2) is 4.61. The average molecular weight is 210 g/mol. The van der Waals surface area contributed by atoms with Crippen molar-refractivity contribution in [2.24, 2.45) is 5.73 Å². The van der Waals surface area contributed by atoms with E-state index in [1.165, 1.54) is 0 Å². The predicted octanol–water partition coefficient (Wildman–Crippen LogP) is 0.239. The van der Waals surface area contributed by atoms with Gasteiger partial charge in [-0.25, -0.2) is 0 Å². The topological polar surface area (TPSA) is 92.5 Å². The molecule has 0 radical (unpaired) electrons. The second-order valence-corrected chi connectivity index (χ2v) is 3.81. The molecule has 0 heterocycles. The Morgan fingerprint density at radius 1 is 1.20 bits per heavy atom. The molecule has 15 heavy (non-hydrogen) atoms. The SMILES string of the molecule is Cc1cc(C(O)C(O)CN)c(C)cc1N. The van der Waals surface area contributed by atoms with Crippen molar-refractivity contribution >= 4 is 5.69 Å². The zero-order valence-electron chi connectivity index (χ0n) is 9.07. The minimum atomic E-state index is -0.950. The van der Waals surface area contributed by atoms with Crippen LogP contribution < -0.4 is 11.5 Å². The Hall–Kier alpha value is -1.10. The van der Waals surface area contributed by atoms with Crippen molar-refractivity contribution in [3.63, 3.8) is 0 Å². The number of hydrogen-bond acceptors (Lipinski definition) is 4. The van der Waals surface area contributed by atoms with E-state index in [4.69, 9.17) is 11.5 Å². The van der Waals surface area contributed by atoms with Crippen LogP contribution in [0.4, 0.5) is 5.69 Å². The molecule has 0 saturated carbocycles. The molecule has 4 nitrogen and oxygen atoms in total. The van der Waals surface area contributed by atoms with Crippen molar-refractivity contribution in [3.05, 3.63) is 28.8 Å². The lowest BCUT2D eigenvalue weighted by molar-refractivity contribution is 0.0239. The van der Waals surface area contributed by atoms with E-state index in [0.29, 0.717) is 11.3 Å². The third-order valence-corrected chi connectivity index (χ3v) is 2.58. The minimum absolute atomic E-state index is 0.0318. The van der Waals surface area contributed by atoms with Crippen LogP contribution in [0.5, 0.6) is 0 Å². The molecule has 1 aromatic rings. The maximum absolute atomic E-state index is 9.81. The van der Waals surface area contributed by atoms with Gasteiger partial charge < -0.3 is 21.7 Å². The molecule has 1 aromatic carbocycles. The molecule has 0 aromatic heterocycles. The summed E-state index contributed by atoms with van der Waals surface area (Å²) in [4.78, 5) is 0. The van der Waals surface area contributed by atoms with Crippen LogP contribution in [0.25, 0.3) is 0 Å². The maximum atomic E-state index is 9.81. The van der Waals surface area contributed by atoms with Crippen LogP contribution in [0.15, 0.2) is 12.1 Å². The molecule has 2 unspecified atom stereocenters. The first-order chi connectivity index (χ1) is 6.97. The van der Waals surface area contributed by atoms with Crippen LogP contribution in [-0.4, -0.2) is 22.9 Å². The Balaban J connectivity index is 3.09. The van der Waals surface area contributed by atoms with E-state index >= 15 is 0 Å². The van der Waals surface area contributed by atoms with Gasteiger partial charge in [0.25, 0.3) is 0 Å². The Labute approximate surface area is 89.5 Å². The van der Waals surface area contributed by atoms with Crippen molar-refractivity contribution < 1.29 is 10.2 Å². The smallest absolute Gasteiger partial charge is 0.106 e. The van der Waals surface area contributed by atoms with Gasteiger partial charge in [0.15, 0.2) is 0 Å². The third-order valence-electron chi connectivity index (χ3n) is 2.58. The van der Waals surface area contributed by atoms with Crippen LogP contribution in [0.1, 0.15) is 22.8 Å². The summed E-state index contributed by atoms with van der Waals surface area (Å²) in [5.74, 6) is 0. The van der Waals surface area contributed by atoms with Crippen LogP contribution in [-0.2, 0) is 0 Å². The lowest BCUT2D eigenvalue weighted by atomic mass is 9.96. The Morgan fingerprint density at radius 3 is 2.33 bits per heavy atom. The van der Waals surface area contributed by atoms with E-state index in [1.807, 2.05) is 13.8 Å². The van der Waals surface area contributed by atoms with Gasteiger partial charge in [0, 0.05) is 12.2 Å². The van der Waals surface area contributed by atoms with Crippen LogP contribution in [0.2, 0.25) is 0 Å². The molecule has 1 rings (SSSR count). The van der Waals surface area contributed by atoms with Crippen molar-refractivity contribution in [1.82, 2.24) is 0 Å². The minimum Gasteiger partial charge on any atom is -0.399 e. The number of aryl methyl sites for hydroxylation is 2. The predicted molar refractivity (Wildman–Crippen MR) is 60.3 cm³/mol. The fraction of sp³-hybridized carbons (Fsp3) is 0.455. The fourth-order valence-corrected chi connectivity index (χ4v) is 1.52. The Bertz CT molecular complexity index is 353. The normalized spacial score (nSPS) is 15.0. The van der Waals surface area contributed by atoms with E-state index in [2.05, 4.69) is 0 Å². The standard InChI is InChI=1S/C11H18N2O2/c1-6-4-9(13)7(2)3-8(6)11(15)10(14)5-12/h3-4,10-11,14-15H,5,12-13H2,1-2H3. The van der Waals surface area contributed by atoms with Crippen LogP contribution in [0.3, 0.4) is 0 Å². The van der Waals surface area contributed by atoms with E-state index in [-0.39, 0.29) is 6.54 Å². The number of nitrogen functional groups attached to an aromatic ring is 1. The number of anilines is 1. The van der Waals surface area contributed by atoms with Crippen molar-refractivity contribution in [2.75, 3.05) is 12.3 Å². The van der Waals surface area contributed by atoms with Crippen molar-refractivity contribution in [2.45, 2.75) is 26.1 Å². The highest BCUT2D eigenvalue weighted by molar-refractivity contribution is 5.51. The summed E-state index contributed by atoms with van der Waals surface area (Å²) < 4.78 is 0. The van der Waals surface area contributed by atoms with Gasteiger partial charge in [-0.1, -0.05) is 6.07 Å². The van der Waals surface area contributed by atoms with Gasteiger partial charge in [-0.3, -0.25) is 0 Å². The molecule has 0 aliphatic rings. The number of rotatable bonds is 3. The molecule has 2 atom stereocenters. The molecule has 0 amide bonds.